The van der Waals surface area contributed by atoms with Crippen LogP contribution in [0.4, 0.5) is 0 Å². The molecular formula is C9H14O2. The first-order chi connectivity index (χ1) is 5.14. The normalized spacial score (nSPS) is 16.3. The standard InChI is InChI=1S/C9H14O2/c1-3-9(2,10)7-8-5-4-6-11-8/h4-6,10H,3,7H2,1-2H3. The lowest BCUT2D eigenvalue weighted by atomic mass is 9.98. The van der Waals surface area contributed by atoms with Gasteiger partial charge in [-0.15, -0.1) is 0 Å². The second-order valence-electron chi connectivity index (χ2n) is 3.11. The maximum absolute atomic E-state index is 9.64. The maximum Gasteiger partial charge on any atom is 0.106 e. The highest BCUT2D eigenvalue weighted by Crippen LogP contribution is 2.16. The summed E-state index contributed by atoms with van der Waals surface area (Å²) in [4.78, 5) is 0. The lowest BCUT2D eigenvalue weighted by molar-refractivity contribution is 0.0512. The van der Waals surface area contributed by atoms with Crippen molar-refractivity contribution in [1.82, 2.24) is 0 Å². The smallest absolute Gasteiger partial charge is 0.106 e. The molecule has 0 aliphatic rings. The zero-order chi connectivity index (χ0) is 8.32. The fourth-order valence-corrected chi connectivity index (χ4v) is 0.914. The van der Waals surface area contributed by atoms with Crippen LogP contribution in [0.15, 0.2) is 22.8 Å². The van der Waals surface area contributed by atoms with E-state index in [4.69, 9.17) is 4.42 Å². The molecule has 0 spiro atoms. The molecule has 0 radical (unpaired) electrons. The Morgan fingerprint density at radius 1 is 1.64 bits per heavy atom. The Morgan fingerprint density at radius 3 is 2.82 bits per heavy atom. The van der Waals surface area contributed by atoms with Gasteiger partial charge in [0, 0.05) is 6.42 Å². The predicted molar refractivity (Wildman–Crippen MR) is 43.3 cm³/mol. The van der Waals surface area contributed by atoms with Crippen LogP contribution in [0.3, 0.4) is 0 Å². The van der Waals surface area contributed by atoms with E-state index < -0.39 is 5.60 Å². The average Bonchev–Trinajstić information content (AvgIpc) is 2.39. The van der Waals surface area contributed by atoms with Gasteiger partial charge in [0.1, 0.15) is 5.76 Å². The van der Waals surface area contributed by atoms with Gasteiger partial charge in [-0.1, -0.05) is 6.92 Å². The topological polar surface area (TPSA) is 33.4 Å². The van der Waals surface area contributed by atoms with Crippen LogP contribution < -0.4 is 0 Å². The van der Waals surface area contributed by atoms with Gasteiger partial charge in [0.2, 0.25) is 0 Å². The van der Waals surface area contributed by atoms with E-state index in [1.165, 1.54) is 0 Å². The molecule has 1 aromatic heterocycles. The highest BCUT2D eigenvalue weighted by atomic mass is 16.3. The van der Waals surface area contributed by atoms with Crippen molar-refractivity contribution >= 4 is 0 Å². The first-order valence-corrected chi connectivity index (χ1v) is 3.89. The molecule has 1 unspecified atom stereocenters. The van der Waals surface area contributed by atoms with Crippen LogP contribution in [-0.4, -0.2) is 10.7 Å². The lowest BCUT2D eigenvalue weighted by Gasteiger charge is -2.19. The van der Waals surface area contributed by atoms with Gasteiger partial charge < -0.3 is 9.52 Å². The first kappa shape index (κ1) is 8.34. The Balaban J connectivity index is 2.56. The minimum Gasteiger partial charge on any atom is -0.469 e. The van der Waals surface area contributed by atoms with Crippen LogP contribution in [0.1, 0.15) is 26.0 Å². The van der Waals surface area contributed by atoms with Gasteiger partial charge in [-0.3, -0.25) is 0 Å². The second kappa shape index (κ2) is 3.09. The second-order valence-corrected chi connectivity index (χ2v) is 3.11. The highest BCUT2D eigenvalue weighted by molar-refractivity contribution is 5.01. The highest BCUT2D eigenvalue weighted by Gasteiger charge is 2.19. The summed E-state index contributed by atoms with van der Waals surface area (Å²) in [6.45, 7) is 3.78. The molecule has 0 saturated carbocycles. The van der Waals surface area contributed by atoms with Gasteiger partial charge >= 0.3 is 0 Å². The van der Waals surface area contributed by atoms with E-state index in [1.54, 1.807) is 6.26 Å². The Labute approximate surface area is 66.8 Å². The van der Waals surface area contributed by atoms with Gasteiger partial charge in [-0.25, -0.2) is 0 Å². The van der Waals surface area contributed by atoms with Crippen molar-refractivity contribution in [2.45, 2.75) is 32.3 Å². The molecule has 62 valence electrons. The Bertz CT molecular complexity index is 199. The third kappa shape index (κ3) is 2.39. The molecule has 0 aliphatic heterocycles. The van der Waals surface area contributed by atoms with Crippen molar-refractivity contribution < 1.29 is 9.52 Å². The van der Waals surface area contributed by atoms with Crippen molar-refractivity contribution in [3.8, 4) is 0 Å². The van der Waals surface area contributed by atoms with Gasteiger partial charge in [0.25, 0.3) is 0 Å². The molecule has 1 aromatic rings. The SMILES string of the molecule is CCC(C)(O)Cc1ccco1. The van der Waals surface area contributed by atoms with E-state index in [0.717, 1.165) is 12.2 Å². The minimum absolute atomic E-state index is 0.594. The van der Waals surface area contributed by atoms with Crippen molar-refractivity contribution in [2.75, 3.05) is 0 Å². The minimum atomic E-state index is -0.627. The molecule has 1 heterocycles. The largest absolute Gasteiger partial charge is 0.469 e. The van der Waals surface area contributed by atoms with Crippen molar-refractivity contribution in [3.63, 3.8) is 0 Å². The van der Waals surface area contributed by atoms with Crippen LogP contribution in [0.25, 0.3) is 0 Å². The zero-order valence-electron chi connectivity index (χ0n) is 7.00. The van der Waals surface area contributed by atoms with Crippen molar-refractivity contribution in [3.05, 3.63) is 24.2 Å². The fraction of sp³-hybridized carbons (Fsp3) is 0.556. The summed E-state index contributed by atoms with van der Waals surface area (Å²) in [6.07, 6.45) is 2.96. The summed E-state index contributed by atoms with van der Waals surface area (Å²) in [6, 6.07) is 3.71. The van der Waals surface area contributed by atoms with Gasteiger partial charge in [-0.05, 0) is 25.5 Å². The third-order valence-corrected chi connectivity index (χ3v) is 1.90. The molecule has 0 amide bonds. The molecular weight excluding hydrogens is 140 g/mol. The Kier molecular flexibility index (Phi) is 2.35. The molecule has 0 aliphatic carbocycles. The van der Waals surface area contributed by atoms with Crippen molar-refractivity contribution in [2.24, 2.45) is 0 Å². The Morgan fingerprint density at radius 2 is 2.36 bits per heavy atom. The molecule has 2 nitrogen and oxygen atoms in total. The molecule has 1 rings (SSSR count). The van der Waals surface area contributed by atoms with E-state index in [2.05, 4.69) is 0 Å². The number of hydrogen-bond acceptors (Lipinski definition) is 2. The molecule has 0 saturated heterocycles. The first-order valence-electron chi connectivity index (χ1n) is 3.89. The zero-order valence-corrected chi connectivity index (χ0v) is 7.00. The molecule has 0 aromatic carbocycles. The average molecular weight is 154 g/mol. The fourth-order valence-electron chi connectivity index (χ4n) is 0.914. The van der Waals surface area contributed by atoms with Gasteiger partial charge in [-0.2, -0.15) is 0 Å². The Hall–Kier alpha value is -0.760. The van der Waals surface area contributed by atoms with E-state index in [0.29, 0.717) is 6.42 Å². The van der Waals surface area contributed by atoms with Gasteiger partial charge in [0.05, 0.1) is 11.9 Å². The molecule has 2 heteroatoms. The monoisotopic (exact) mass is 154 g/mol. The van der Waals surface area contributed by atoms with E-state index in [1.807, 2.05) is 26.0 Å². The lowest BCUT2D eigenvalue weighted by Crippen LogP contribution is -2.25. The molecule has 0 fully saturated rings. The van der Waals surface area contributed by atoms with Crippen LogP contribution in [0.2, 0.25) is 0 Å². The van der Waals surface area contributed by atoms with Crippen LogP contribution in [-0.2, 0) is 6.42 Å². The molecule has 0 bridgehead atoms. The number of hydrogen-bond donors (Lipinski definition) is 1. The summed E-state index contributed by atoms with van der Waals surface area (Å²) >= 11 is 0. The van der Waals surface area contributed by atoms with Crippen LogP contribution in [0.5, 0.6) is 0 Å². The molecule has 1 N–H and O–H groups in total. The summed E-state index contributed by atoms with van der Waals surface area (Å²) in [7, 11) is 0. The summed E-state index contributed by atoms with van der Waals surface area (Å²) in [5, 5.41) is 9.64. The number of aliphatic hydroxyl groups is 1. The molecule has 11 heavy (non-hydrogen) atoms. The maximum atomic E-state index is 9.64. The summed E-state index contributed by atoms with van der Waals surface area (Å²) in [5.74, 6) is 0.844. The van der Waals surface area contributed by atoms with E-state index in [-0.39, 0.29) is 0 Å². The van der Waals surface area contributed by atoms with Crippen LogP contribution in [0, 0.1) is 0 Å². The van der Waals surface area contributed by atoms with Crippen LogP contribution >= 0.6 is 0 Å². The summed E-state index contributed by atoms with van der Waals surface area (Å²) < 4.78 is 5.11. The van der Waals surface area contributed by atoms with Crippen molar-refractivity contribution in [1.29, 1.82) is 0 Å². The van der Waals surface area contributed by atoms with Gasteiger partial charge in [0.15, 0.2) is 0 Å². The van der Waals surface area contributed by atoms with E-state index in [9.17, 15) is 5.11 Å². The molecule has 1 atom stereocenters. The quantitative estimate of drug-likeness (QED) is 0.722. The number of rotatable bonds is 3. The predicted octanol–water partition coefficient (Wildman–Crippen LogP) is 1.98. The third-order valence-electron chi connectivity index (χ3n) is 1.90. The van der Waals surface area contributed by atoms with E-state index >= 15 is 0 Å². The number of furan rings is 1. The summed E-state index contributed by atoms with van der Waals surface area (Å²) in [5.41, 5.74) is -0.627.